The number of rotatable bonds is 2. The lowest BCUT2D eigenvalue weighted by Gasteiger charge is -2.28. The molecule has 6 nitrogen and oxygen atoms in total. The number of fused-ring (bicyclic) bond motifs is 1. The van der Waals surface area contributed by atoms with E-state index in [-0.39, 0.29) is 23.8 Å². The number of carbonyl (C=O) groups excluding carboxylic acids is 2. The third-order valence-corrected chi connectivity index (χ3v) is 4.07. The standard InChI is InChI=1S/C15H18N2O4/c18-13-3-1-2-12-11(13)4-5-14(19)17(12)10-15(20)16-6-8-21-9-7-16/h4-5H,1-3,6-10H2. The summed E-state index contributed by atoms with van der Waals surface area (Å²) in [6.07, 6.45) is 1.93. The summed E-state index contributed by atoms with van der Waals surface area (Å²) in [4.78, 5) is 38.0. The van der Waals surface area contributed by atoms with Gasteiger partial charge in [0.15, 0.2) is 5.78 Å². The van der Waals surface area contributed by atoms with E-state index in [9.17, 15) is 14.4 Å². The molecule has 1 fully saturated rings. The van der Waals surface area contributed by atoms with E-state index in [4.69, 9.17) is 4.74 Å². The van der Waals surface area contributed by atoms with Crippen molar-refractivity contribution in [3.63, 3.8) is 0 Å². The summed E-state index contributed by atoms with van der Waals surface area (Å²) in [5.74, 6) is -0.0318. The molecule has 21 heavy (non-hydrogen) atoms. The molecule has 1 aromatic heterocycles. The fraction of sp³-hybridized carbons (Fsp3) is 0.533. The molecule has 0 N–H and O–H groups in total. The number of morpholine rings is 1. The molecule has 0 unspecified atom stereocenters. The summed E-state index contributed by atoms with van der Waals surface area (Å²) >= 11 is 0. The molecule has 2 aliphatic rings. The molecule has 0 aromatic carbocycles. The molecule has 0 saturated carbocycles. The van der Waals surface area contributed by atoms with Crippen LogP contribution < -0.4 is 5.56 Å². The number of aromatic nitrogens is 1. The normalized spacial score (nSPS) is 18.5. The van der Waals surface area contributed by atoms with Gasteiger partial charge in [-0.3, -0.25) is 14.4 Å². The first-order valence-electron chi connectivity index (χ1n) is 7.28. The predicted octanol–water partition coefficient (Wildman–Crippen LogP) is 0.226. The van der Waals surface area contributed by atoms with Crippen LogP contribution in [0.4, 0.5) is 0 Å². The third-order valence-electron chi connectivity index (χ3n) is 4.07. The van der Waals surface area contributed by atoms with E-state index in [1.54, 1.807) is 11.0 Å². The molecule has 1 amide bonds. The maximum absolute atomic E-state index is 12.3. The highest BCUT2D eigenvalue weighted by molar-refractivity contribution is 5.98. The Morgan fingerprint density at radius 2 is 1.90 bits per heavy atom. The molecule has 0 atom stereocenters. The van der Waals surface area contributed by atoms with Gasteiger partial charge >= 0.3 is 0 Å². The van der Waals surface area contributed by atoms with Gasteiger partial charge in [-0.1, -0.05) is 0 Å². The number of nitrogens with zero attached hydrogens (tertiary/aromatic N) is 2. The maximum Gasteiger partial charge on any atom is 0.251 e. The van der Waals surface area contributed by atoms with Gasteiger partial charge in [0.25, 0.3) is 5.56 Å². The predicted molar refractivity (Wildman–Crippen MR) is 75.4 cm³/mol. The molecule has 6 heteroatoms. The van der Waals surface area contributed by atoms with E-state index in [0.29, 0.717) is 50.4 Å². The second-order valence-corrected chi connectivity index (χ2v) is 5.39. The van der Waals surface area contributed by atoms with Gasteiger partial charge in [-0.15, -0.1) is 0 Å². The minimum absolute atomic E-state index is 0.00921. The quantitative estimate of drug-likeness (QED) is 0.781. The molecule has 0 spiro atoms. The van der Waals surface area contributed by atoms with Gasteiger partial charge in [-0.2, -0.15) is 0 Å². The number of hydrogen-bond donors (Lipinski definition) is 0. The highest BCUT2D eigenvalue weighted by Crippen LogP contribution is 2.19. The fourth-order valence-corrected chi connectivity index (χ4v) is 2.92. The van der Waals surface area contributed by atoms with Crippen molar-refractivity contribution in [1.82, 2.24) is 9.47 Å². The zero-order valence-electron chi connectivity index (χ0n) is 11.8. The van der Waals surface area contributed by atoms with Crippen molar-refractivity contribution >= 4 is 11.7 Å². The van der Waals surface area contributed by atoms with Crippen molar-refractivity contribution in [2.24, 2.45) is 0 Å². The number of carbonyl (C=O) groups is 2. The first kappa shape index (κ1) is 14.0. The lowest BCUT2D eigenvalue weighted by molar-refractivity contribution is -0.136. The Hall–Kier alpha value is -1.95. The number of amides is 1. The van der Waals surface area contributed by atoms with Crippen molar-refractivity contribution in [3.8, 4) is 0 Å². The molecular weight excluding hydrogens is 272 g/mol. The van der Waals surface area contributed by atoms with Crippen LogP contribution in [0.1, 0.15) is 28.9 Å². The molecule has 0 radical (unpaired) electrons. The number of ketones is 1. The number of hydrogen-bond acceptors (Lipinski definition) is 4. The van der Waals surface area contributed by atoms with Crippen LogP contribution in [-0.4, -0.2) is 47.5 Å². The summed E-state index contributed by atoms with van der Waals surface area (Å²) < 4.78 is 6.68. The van der Waals surface area contributed by atoms with Crippen molar-refractivity contribution in [2.45, 2.75) is 25.8 Å². The van der Waals surface area contributed by atoms with Crippen LogP contribution in [0.2, 0.25) is 0 Å². The van der Waals surface area contributed by atoms with Gasteiger partial charge in [0, 0.05) is 36.8 Å². The molecule has 1 aromatic rings. The Labute approximate surface area is 122 Å². The largest absolute Gasteiger partial charge is 0.378 e. The Morgan fingerprint density at radius 1 is 1.14 bits per heavy atom. The maximum atomic E-state index is 12.3. The van der Waals surface area contributed by atoms with Gasteiger partial charge in [-0.05, 0) is 18.9 Å². The third kappa shape index (κ3) is 2.76. The fourth-order valence-electron chi connectivity index (χ4n) is 2.92. The van der Waals surface area contributed by atoms with Crippen LogP contribution in [-0.2, 0) is 22.5 Å². The number of Topliss-reactive ketones (excluding diaryl/α,β-unsaturated/α-hetero) is 1. The van der Waals surface area contributed by atoms with Crippen molar-refractivity contribution < 1.29 is 14.3 Å². The van der Waals surface area contributed by atoms with Gasteiger partial charge in [0.1, 0.15) is 6.54 Å². The molecule has 1 aliphatic carbocycles. The van der Waals surface area contributed by atoms with Crippen LogP contribution in [0.15, 0.2) is 16.9 Å². The minimum atomic E-state index is -0.218. The van der Waals surface area contributed by atoms with Crippen molar-refractivity contribution in [1.29, 1.82) is 0 Å². The average molecular weight is 290 g/mol. The molecule has 1 saturated heterocycles. The van der Waals surface area contributed by atoms with E-state index in [1.807, 2.05) is 0 Å². The summed E-state index contributed by atoms with van der Waals surface area (Å²) in [5, 5.41) is 0. The number of pyridine rings is 1. The van der Waals surface area contributed by atoms with Crippen LogP contribution in [0, 0.1) is 0 Å². The van der Waals surface area contributed by atoms with Gasteiger partial charge in [0.2, 0.25) is 5.91 Å². The van der Waals surface area contributed by atoms with Crippen LogP contribution in [0.3, 0.4) is 0 Å². The van der Waals surface area contributed by atoms with Crippen LogP contribution in [0.5, 0.6) is 0 Å². The van der Waals surface area contributed by atoms with E-state index in [1.165, 1.54) is 10.6 Å². The summed E-state index contributed by atoms with van der Waals surface area (Å²) in [6, 6.07) is 2.98. The van der Waals surface area contributed by atoms with E-state index >= 15 is 0 Å². The average Bonchev–Trinajstić information content (AvgIpc) is 2.51. The molecule has 2 heterocycles. The van der Waals surface area contributed by atoms with Crippen molar-refractivity contribution in [3.05, 3.63) is 33.7 Å². The Kier molecular flexibility index (Phi) is 3.88. The zero-order valence-corrected chi connectivity index (χ0v) is 11.8. The summed E-state index contributed by atoms with van der Waals surface area (Å²) in [7, 11) is 0. The smallest absolute Gasteiger partial charge is 0.251 e. The minimum Gasteiger partial charge on any atom is -0.378 e. The Balaban J connectivity index is 1.88. The Morgan fingerprint density at radius 3 is 2.67 bits per heavy atom. The molecule has 112 valence electrons. The van der Waals surface area contributed by atoms with Gasteiger partial charge in [-0.25, -0.2) is 0 Å². The topological polar surface area (TPSA) is 68.6 Å². The van der Waals surface area contributed by atoms with Crippen molar-refractivity contribution in [2.75, 3.05) is 26.3 Å². The van der Waals surface area contributed by atoms with E-state index < -0.39 is 0 Å². The molecule has 0 bridgehead atoms. The second-order valence-electron chi connectivity index (χ2n) is 5.39. The summed E-state index contributed by atoms with van der Waals surface area (Å²) in [5.41, 5.74) is 1.08. The molecule has 3 rings (SSSR count). The van der Waals surface area contributed by atoms with Gasteiger partial charge < -0.3 is 14.2 Å². The second kappa shape index (κ2) is 5.81. The number of ether oxygens (including phenoxy) is 1. The molecule has 1 aliphatic heterocycles. The highest BCUT2D eigenvalue weighted by Gasteiger charge is 2.23. The van der Waals surface area contributed by atoms with Crippen LogP contribution in [0.25, 0.3) is 0 Å². The van der Waals surface area contributed by atoms with E-state index in [0.717, 1.165) is 6.42 Å². The Bertz CT molecular complexity index is 629. The van der Waals surface area contributed by atoms with Gasteiger partial charge in [0.05, 0.1) is 13.2 Å². The highest BCUT2D eigenvalue weighted by atomic mass is 16.5. The van der Waals surface area contributed by atoms with E-state index in [2.05, 4.69) is 0 Å². The lowest BCUT2D eigenvalue weighted by Crippen LogP contribution is -2.44. The van der Waals surface area contributed by atoms with Crippen LogP contribution >= 0.6 is 0 Å². The SMILES string of the molecule is O=C1CCCc2c1ccc(=O)n2CC(=O)N1CCOCC1. The summed E-state index contributed by atoms with van der Waals surface area (Å²) in [6.45, 7) is 2.19. The zero-order chi connectivity index (χ0) is 14.8. The first-order chi connectivity index (χ1) is 10.2. The lowest BCUT2D eigenvalue weighted by atomic mass is 9.94. The monoisotopic (exact) mass is 290 g/mol. The molecular formula is C15H18N2O4. The first-order valence-corrected chi connectivity index (χ1v) is 7.28.